The number of sulfone groups is 1. The van der Waals surface area contributed by atoms with Crippen molar-refractivity contribution in [2.24, 2.45) is 0 Å². The topological polar surface area (TPSA) is 106 Å². The van der Waals surface area contributed by atoms with Crippen LogP contribution in [0.25, 0.3) is 5.69 Å². The maximum absolute atomic E-state index is 13.8. The van der Waals surface area contributed by atoms with E-state index < -0.39 is 15.8 Å². The first kappa shape index (κ1) is 26.7. The van der Waals surface area contributed by atoms with Crippen molar-refractivity contribution < 1.29 is 32.2 Å². The molecule has 0 saturated carbocycles. The highest BCUT2D eigenvalue weighted by Crippen LogP contribution is 2.40. The molecular formula is C28H28N2O7S. The van der Waals surface area contributed by atoms with E-state index in [0.717, 1.165) is 11.1 Å². The summed E-state index contributed by atoms with van der Waals surface area (Å²) in [7, 11) is 0.198. The van der Waals surface area contributed by atoms with Gasteiger partial charge in [0.2, 0.25) is 21.5 Å². The fourth-order valence-electron chi connectivity index (χ4n) is 4.16. The summed E-state index contributed by atoms with van der Waals surface area (Å²) in [6, 6.07) is 16.4. The fraction of sp³-hybridized carbons (Fsp3) is 0.214. The molecule has 0 aliphatic heterocycles. The zero-order valence-electron chi connectivity index (χ0n) is 21.9. The Hall–Kier alpha value is -4.31. The van der Waals surface area contributed by atoms with Crippen LogP contribution < -0.4 is 18.9 Å². The Morgan fingerprint density at radius 3 is 2.03 bits per heavy atom. The number of esters is 1. The van der Waals surface area contributed by atoms with E-state index in [-0.39, 0.29) is 38.4 Å². The van der Waals surface area contributed by atoms with E-state index in [1.165, 1.54) is 50.3 Å². The molecule has 0 spiro atoms. The molecule has 38 heavy (non-hydrogen) atoms. The molecule has 1 heterocycles. The zero-order valence-corrected chi connectivity index (χ0v) is 22.8. The van der Waals surface area contributed by atoms with Crippen LogP contribution in [0.3, 0.4) is 0 Å². The molecule has 0 atom stereocenters. The van der Waals surface area contributed by atoms with Crippen molar-refractivity contribution in [1.29, 1.82) is 0 Å². The average Bonchev–Trinajstić information content (AvgIpc) is 3.23. The third kappa shape index (κ3) is 4.82. The van der Waals surface area contributed by atoms with Gasteiger partial charge in [-0.3, -0.25) is 0 Å². The number of ether oxygens (including phenoxy) is 4. The van der Waals surface area contributed by atoms with Gasteiger partial charge in [-0.05, 0) is 56.7 Å². The average molecular weight is 537 g/mol. The van der Waals surface area contributed by atoms with Crippen LogP contribution in [0.2, 0.25) is 0 Å². The Bertz CT molecular complexity index is 1580. The van der Waals surface area contributed by atoms with Gasteiger partial charge in [-0.25, -0.2) is 13.2 Å². The number of nitrogens with zero attached hydrogens (tertiary/aromatic N) is 2. The van der Waals surface area contributed by atoms with Crippen LogP contribution >= 0.6 is 0 Å². The van der Waals surface area contributed by atoms with E-state index in [2.05, 4.69) is 5.10 Å². The molecule has 0 aliphatic carbocycles. The number of aromatic nitrogens is 2. The van der Waals surface area contributed by atoms with Crippen molar-refractivity contribution in [2.45, 2.75) is 30.6 Å². The third-order valence-electron chi connectivity index (χ3n) is 5.96. The van der Waals surface area contributed by atoms with Crippen molar-refractivity contribution in [3.63, 3.8) is 0 Å². The molecule has 3 aromatic carbocycles. The van der Waals surface area contributed by atoms with Gasteiger partial charge >= 0.3 is 5.97 Å². The molecule has 0 amide bonds. The molecule has 0 N–H and O–H groups in total. The molecular weight excluding hydrogens is 508 g/mol. The van der Waals surface area contributed by atoms with E-state index in [9.17, 15) is 13.2 Å². The number of hydrogen-bond donors (Lipinski definition) is 0. The second kappa shape index (κ2) is 10.6. The van der Waals surface area contributed by atoms with Crippen LogP contribution in [0.4, 0.5) is 0 Å². The van der Waals surface area contributed by atoms with Gasteiger partial charge in [0.15, 0.2) is 16.4 Å². The van der Waals surface area contributed by atoms with Crippen LogP contribution in [0.5, 0.6) is 23.1 Å². The predicted octanol–water partition coefficient (Wildman–Crippen LogP) is 4.88. The van der Waals surface area contributed by atoms with Crippen molar-refractivity contribution in [3.05, 3.63) is 83.0 Å². The van der Waals surface area contributed by atoms with E-state index in [1.54, 1.807) is 31.2 Å². The maximum atomic E-state index is 13.8. The number of carbonyl (C=O) groups excluding carboxylic acids is 1. The molecule has 0 bridgehead atoms. The summed E-state index contributed by atoms with van der Waals surface area (Å²) < 4.78 is 50.7. The van der Waals surface area contributed by atoms with Crippen LogP contribution in [0.1, 0.15) is 27.2 Å². The Labute approximate surface area is 221 Å². The van der Waals surface area contributed by atoms with Gasteiger partial charge in [-0.15, -0.1) is 0 Å². The summed E-state index contributed by atoms with van der Waals surface area (Å²) in [4.78, 5) is 13.3. The lowest BCUT2D eigenvalue weighted by Gasteiger charge is -2.15. The van der Waals surface area contributed by atoms with Crippen molar-refractivity contribution in [1.82, 2.24) is 9.78 Å². The molecule has 0 saturated heterocycles. The highest BCUT2D eigenvalue weighted by Gasteiger charge is 2.33. The molecule has 0 fully saturated rings. The molecule has 9 nitrogen and oxygen atoms in total. The Balaban J connectivity index is 1.92. The zero-order chi connectivity index (χ0) is 27.6. The van der Waals surface area contributed by atoms with Crippen molar-refractivity contribution >= 4 is 15.8 Å². The quantitative estimate of drug-likeness (QED) is 0.294. The highest BCUT2D eigenvalue weighted by molar-refractivity contribution is 7.91. The predicted molar refractivity (Wildman–Crippen MR) is 141 cm³/mol. The SMILES string of the molecule is COc1cc(C(=O)Oc2c(S(=O)(=O)c3ccccc3)c(C)nn2-c2ccc(C)cc2C)cc(OC)c1OC. The summed E-state index contributed by atoms with van der Waals surface area (Å²) >= 11 is 0. The molecule has 4 aromatic rings. The normalized spacial score (nSPS) is 11.2. The largest absolute Gasteiger partial charge is 0.493 e. The highest BCUT2D eigenvalue weighted by atomic mass is 32.2. The van der Waals surface area contributed by atoms with Gasteiger partial charge in [0.05, 0.1) is 43.2 Å². The lowest BCUT2D eigenvalue weighted by Crippen LogP contribution is -2.15. The molecule has 198 valence electrons. The van der Waals surface area contributed by atoms with Gasteiger partial charge in [0.1, 0.15) is 0 Å². The molecule has 10 heteroatoms. The Morgan fingerprint density at radius 2 is 1.47 bits per heavy atom. The molecule has 1 aromatic heterocycles. The lowest BCUT2D eigenvalue weighted by atomic mass is 10.1. The van der Waals surface area contributed by atoms with Gasteiger partial charge in [-0.2, -0.15) is 9.78 Å². The summed E-state index contributed by atoms with van der Waals surface area (Å²) in [5.74, 6) is -0.267. The van der Waals surface area contributed by atoms with E-state index in [0.29, 0.717) is 11.4 Å². The molecule has 0 radical (unpaired) electrons. The first-order valence-electron chi connectivity index (χ1n) is 11.6. The minimum Gasteiger partial charge on any atom is -0.493 e. The monoisotopic (exact) mass is 536 g/mol. The van der Waals surface area contributed by atoms with Gasteiger partial charge in [0, 0.05) is 0 Å². The minimum atomic E-state index is -4.10. The summed E-state index contributed by atoms with van der Waals surface area (Å²) in [5, 5.41) is 4.50. The number of rotatable bonds is 8. The third-order valence-corrected chi connectivity index (χ3v) is 7.86. The Kier molecular flexibility index (Phi) is 7.45. The number of benzene rings is 3. The minimum absolute atomic E-state index is 0.0494. The first-order chi connectivity index (χ1) is 18.1. The van der Waals surface area contributed by atoms with Crippen LogP contribution in [-0.2, 0) is 9.84 Å². The maximum Gasteiger partial charge on any atom is 0.345 e. The second-order valence-corrected chi connectivity index (χ2v) is 10.4. The van der Waals surface area contributed by atoms with Gasteiger partial charge < -0.3 is 18.9 Å². The molecule has 0 aliphatic rings. The van der Waals surface area contributed by atoms with Gasteiger partial charge in [-0.1, -0.05) is 35.9 Å². The van der Waals surface area contributed by atoms with E-state index >= 15 is 0 Å². The smallest absolute Gasteiger partial charge is 0.345 e. The number of aryl methyl sites for hydroxylation is 3. The van der Waals surface area contributed by atoms with Crippen molar-refractivity contribution in [2.75, 3.05) is 21.3 Å². The first-order valence-corrected chi connectivity index (χ1v) is 13.1. The summed E-state index contributed by atoms with van der Waals surface area (Å²) in [6.45, 7) is 5.38. The van der Waals surface area contributed by atoms with Gasteiger partial charge in [0.25, 0.3) is 0 Å². The van der Waals surface area contributed by atoms with Crippen molar-refractivity contribution in [3.8, 4) is 28.8 Å². The van der Waals surface area contributed by atoms with E-state index in [4.69, 9.17) is 18.9 Å². The van der Waals surface area contributed by atoms with Crippen LogP contribution in [0.15, 0.2) is 70.5 Å². The fourth-order valence-corrected chi connectivity index (χ4v) is 5.70. The molecule has 0 unspecified atom stereocenters. The number of hydrogen-bond acceptors (Lipinski definition) is 8. The summed E-state index contributed by atoms with van der Waals surface area (Å²) in [5.41, 5.74) is 2.65. The van der Waals surface area contributed by atoms with Crippen LogP contribution in [0, 0.1) is 20.8 Å². The summed E-state index contributed by atoms with van der Waals surface area (Å²) in [6.07, 6.45) is 0. The standard InChI is InChI=1S/C28H28N2O7S/c1-17-12-13-22(18(2)14-17)30-27(26(19(3)29-30)38(32,33)21-10-8-7-9-11-21)37-28(31)20-15-23(34-4)25(36-6)24(16-20)35-5/h7-16H,1-6H3. The second-order valence-electron chi connectivity index (χ2n) is 8.54. The number of carbonyl (C=O) groups is 1. The van der Waals surface area contributed by atoms with E-state index in [1.807, 2.05) is 26.0 Å². The lowest BCUT2D eigenvalue weighted by molar-refractivity contribution is 0.0717. The number of methoxy groups -OCH3 is 3. The van der Waals surface area contributed by atoms with Crippen LogP contribution in [-0.4, -0.2) is 45.5 Å². The molecule has 4 rings (SSSR count). The Morgan fingerprint density at radius 1 is 0.842 bits per heavy atom.